The van der Waals surface area contributed by atoms with Gasteiger partial charge in [-0.3, -0.25) is 0 Å². The number of benzene rings is 2. The van der Waals surface area contributed by atoms with Crippen molar-refractivity contribution in [3.63, 3.8) is 0 Å². The first kappa shape index (κ1) is 17.5. The van der Waals surface area contributed by atoms with Crippen LogP contribution in [0.1, 0.15) is 25.0 Å². The third-order valence-corrected chi connectivity index (χ3v) is 5.11. The van der Waals surface area contributed by atoms with Gasteiger partial charge in [-0.2, -0.15) is 0 Å². The Balaban J connectivity index is 1.84. The summed E-state index contributed by atoms with van der Waals surface area (Å²) < 4.78 is 32.4. The van der Waals surface area contributed by atoms with Gasteiger partial charge in [0, 0.05) is 6.54 Å². The predicted molar refractivity (Wildman–Crippen MR) is 92.3 cm³/mol. The van der Waals surface area contributed by atoms with Gasteiger partial charge in [0.1, 0.15) is 12.4 Å². The highest BCUT2D eigenvalue weighted by molar-refractivity contribution is 7.89. The van der Waals surface area contributed by atoms with Crippen LogP contribution in [0.25, 0.3) is 0 Å². The quantitative estimate of drug-likeness (QED) is 0.755. The summed E-state index contributed by atoms with van der Waals surface area (Å²) in [5.41, 5.74) is 2.36. The molecule has 0 unspecified atom stereocenters. The van der Waals surface area contributed by atoms with Crippen LogP contribution in [0.2, 0.25) is 0 Å². The van der Waals surface area contributed by atoms with Crippen LogP contribution in [0.5, 0.6) is 5.75 Å². The van der Waals surface area contributed by atoms with Crippen LogP contribution < -0.4 is 9.46 Å². The topological polar surface area (TPSA) is 55.4 Å². The molecule has 0 saturated heterocycles. The Kier molecular flexibility index (Phi) is 6.19. The molecule has 23 heavy (non-hydrogen) atoms. The molecule has 0 spiro atoms. The first-order valence-corrected chi connectivity index (χ1v) is 9.34. The zero-order chi connectivity index (χ0) is 16.7. The Morgan fingerprint density at radius 3 is 1.91 bits per heavy atom. The molecule has 1 N–H and O–H groups in total. The summed E-state index contributed by atoms with van der Waals surface area (Å²) in [6.45, 7) is 4.65. The van der Waals surface area contributed by atoms with Crippen molar-refractivity contribution in [3.05, 3.63) is 59.7 Å². The Bertz CT molecular complexity index is 707. The largest absolute Gasteiger partial charge is 0.492 e. The molecular formula is C18H23NO3S. The summed E-state index contributed by atoms with van der Waals surface area (Å²) in [5.74, 6) is 0.744. The van der Waals surface area contributed by atoms with Crippen LogP contribution in [0.15, 0.2) is 53.4 Å². The lowest BCUT2D eigenvalue weighted by Gasteiger charge is -2.09. The molecule has 2 aromatic carbocycles. The van der Waals surface area contributed by atoms with E-state index in [1.54, 1.807) is 12.1 Å². The number of aryl methyl sites for hydroxylation is 2. The fraction of sp³-hybridized carbons (Fsp3) is 0.333. The molecule has 2 aromatic rings. The predicted octanol–water partition coefficient (Wildman–Crippen LogP) is 3.17. The Hall–Kier alpha value is -1.85. The van der Waals surface area contributed by atoms with Gasteiger partial charge in [-0.15, -0.1) is 0 Å². The lowest BCUT2D eigenvalue weighted by atomic mass is 10.2. The average Bonchev–Trinajstić information content (AvgIpc) is 2.59. The van der Waals surface area contributed by atoms with Crippen molar-refractivity contribution in [1.29, 1.82) is 0 Å². The molecule has 0 fully saturated rings. The fourth-order valence-corrected chi connectivity index (χ4v) is 3.17. The van der Waals surface area contributed by atoms with E-state index in [0.717, 1.165) is 24.2 Å². The first-order valence-electron chi connectivity index (χ1n) is 7.85. The SMILES string of the molecule is CCc1ccc(OCCNS(=O)(=O)c2ccc(CC)cc2)cc1. The van der Waals surface area contributed by atoms with Crippen LogP contribution in [-0.4, -0.2) is 21.6 Å². The summed E-state index contributed by atoms with van der Waals surface area (Å²) in [7, 11) is -3.48. The van der Waals surface area contributed by atoms with E-state index in [1.165, 1.54) is 5.56 Å². The number of ether oxygens (including phenoxy) is 1. The van der Waals surface area contributed by atoms with Crippen molar-refractivity contribution in [3.8, 4) is 5.75 Å². The van der Waals surface area contributed by atoms with E-state index in [-0.39, 0.29) is 18.0 Å². The molecule has 0 aliphatic rings. The summed E-state index contributed by atoms with van der Waals surface area (Å²) in [6, 6.07) is 14.7. The van der Waals surface area contributed by atoms with E-state index < -0.39 is 10.0 Å². The van der Waals surface area contributed by atoms with Gasteiger partial charge >= 0.3 is 0 Å². The smallest absolute Gasteiger partial charge is 0.240 e. The van der Waals surface area contributed by atoms with E-state index in [0.29, 0.717) is 0 Å². The molecule has 0 atom stereocenters. The highest BCUT2D eigenvalue weighted by atomic mass is 32.2. The van der Waals surface area contributed by atoms with E-state index >= 15 is 0 Å². The summed E-state index contributed by atoms with van der Waals surface area (Å²) >= 11 is 0. The van der Waals surface area contributed by atoms with Crippen LogP contribution >= 0.6 is 0 Å². The molecule has 0 amide bonds. The zero-order valence-electron chi connectivity index (χ0n) is 13.6. The molecule has 0 aliphatic heterocycles. The fourth-order valence-electron chi connectivity index (χ4n) is 2.15. The van der Waals surface area contributed by atoms with E-state index in [1.807, 2.05) is 43.3 Å². The van der Waals surface area contributed by atoms with Crippen LogP contribution in [0, 0.1) is 0 Å². The number of rotatable bonds is 8. The molecule has 0 bridgehead atoms. The number of hydrogen-bond acceptors (Lipinski definition) is 3. The minimum atomic E-state index is -3.48. The monoisotopic (exact) mass is 333 g/mol. The molecule has 0 aromatic heterocycles. The maximum atomic E-state index is 12.2. The maximum Gasteiger partial charge on any atom is 0.240 e. The molecule has 0 heterocycles. The third-order valence-electron chi connectivity index (χ3n) is 3.64. The van der Waals surface area contributed by atoms with Crippen molar-refractivity contribution in [2.45, 2.75) is 31.6 Å². The molecule has 0 aliphatic carbocycles. The minimum Gasteiger partial charge on any atom is -0.492 e. The summed E-state index contributed by atoms with van der Waals surface area (Å²) in [5, 5.41) is 0. The lowest BCUT2D eigenvalue weighted by Crippen LogP contribution is -2.28. The second-order valence-electron chi connectivity index (χ2n) is 5.24. The van der Waals surface area contributed by atoms with Crippen molar-refractivity contribution < 1.29 is 13.2 Å². The van der Waals surface area contributed by atoms with Crippen molar-refractivity contribution in [2.75, 3.05) is 13.2 Å². The summed E-state index contributed by atoms with van der Waals surface area (Å²) in [6.07, 6.45) is 1.87. The van der Waals surface area contributed by atoms with E-state index in [9.17, 15) is 8.42 Å². The lowest BCUT2D eigenvalue weighted by molar-refractivity contribution is 0.322. The molecule has 2 rings (SSSR count). The van der Waals surface area contributed by atoms with Gasteiger partial charge < -0.3 is 4.74 Å². The number of sulfonamides is 1. The average molecular weight is 333 g/mol. The highest BCUT2D eigenvalue weighted by Crippen LogP contribution is 2.13. The van der Waals surface area contributed by atoms with Crippen molar-refractivity contribution in [1.82, 2.24) is 4.72 Å². The van der Waals surface area contributed by atoms with Crippen LogP contribution in [0.3, 0.4) is 0 Å². The molecule has 4 nitrogen and oxygen atoms in total. The molecular weight excluding hydrogens is 310 g/mol. The van der Waals surface area contributed by atoms with Crippen LogP contribution in [0.4, 0.5) is 0 Å². The molecule has 0 saturated carbocycles. The van der Waals surface area contributed by atoms with Gasteiger partial charge in [0.05, 0.1) is 4.90 Å². The van der Waals surface area contributed by atoms with E-state index in [2.05, 4.69) is 11.6 Å². The van der Waals surface area contributed by atoms with Gasteiger partial charge in [0.2, 0.25) is 10.0 Å². The van der Waals surface area contributed by atoms with E-state index in [4.69, 9.17) is 4.74 Å². The molecule has 0 radical (unpaired) electrons. The highest BCUT2D eigenvalue weighted by Gasteiger charge is 2.12. The third kappa shape index (κ3) is 5.08. The van der Waals surface area contributed by atoms with Gasteiger partial charge in [-0.1, -0.05) is 38.1 Å². The maximum absolute atomic E-state index is 12.2. The van der Waals surface area contributed by atoms with Crippen molar-refractivity contribution >= 4 is 10.0 Å². The van der Waals surface area contributed by atoms with Crippen LogP contribution in [-0.2, 0) is 22.9 Å². The normalized spacial score (nSPS) is 11.4. The Morgan fingerprint density at radius 2 is 1.39 bits per heavy atom. The first-order chi connectivity index (χ1) is 11.0. The van der Waals surface area contributed by atoms with Gasteiger partial charge in [-0.05, 0) is 48.2 Å². The minimum absolute atomic E-state index is 0.230. The second-order valence-corrected chi connectivity index (χ2v) is 7.01. The van der Waals surface area contributed by atoms with Crippen molar-refractivity contribution in [2.24, 2.45) is 0 Å². The second kappa shape index (κ2) is 8.13. The standard InChI is InChI=1S/C18H23NO3S/c1-3-15-5-9-17(10-6-15)22-14-13-19-23(20,21)18-11-7-16(4-2)8-12-18/h5-12,19H,3-4,13-14H2,1-2H3. The Labute approximate surface area is 138 Å². The van der Waals surface area contributed by atoms with Gasteiger partial charge in [0.15, 0.2) is 0 Å². The van der Waals surface area contributed by atoms with Gasteiger partial charge in [0.25, 0.3) is 0 Å². The number of nitrogens with one attached hydrogen (secondary N) is 1. The number of hydrogen-bond donors (Lipinski definition) is 1. The van der Waals surface area contributed by atoms with Gasteiger partial charge in [-0.25, -0.2) is 13.1 Å². The summed E-state index contributed by atoms with van der Waals surface area (Å²) in [4.78, 5) is 0.280. The molecule has 5 heteroatoms. The Morgan fingerprint density at radius 1 is 0.870 bits per heavy atom. The zero-order valence-corrected chi connectivity index (χ0v) is 14.4. The molecule has 124 valence electrons.